The summed E-state index contributed by atoms with van der Waals surface area (Å²) < 4.78 is 49.2. The van der Waals surface area contributed by atoms with Gasteiger partial charge in [-0.1, -0.05) is 12.1 Å². The third-order valence-electron chi connectivity index (χ3n) is 5.17. The topological polar surface area (TPSA) is 54.7 Å². The summed E-state index contributed by atoms with van der Waals surface area (Å²) >= 11 is 0. The molecule has 0 unspecified atom stereocenters. The predicted octanol–water partition coefficient (Wildman–Crippen LogP) is 4.05. The number of carbonyl (C=O) groups excluding carboxylic acids is 1. The van der Waals surface area contributed by atoms with Gasteiger partial charge in [-0.25, -0.2) is 0 Å². The third-order valence-corrected chi connectivity index (χ3v) is 5.17. The van der Waals surface area contributed by atoms with Gasteiger partial charge in [0.25, 0.3) is 5.91 Å². The zero-order valence-electron chi connectivity index (χ0n) is 16.3. The van der Waals surface area contributed by atoms with Crippen molar-refractivity contribution >= 4 is 5.91 Å². The smallest absolute Gasteiger partial charge is 0.416 e. The molecular formula is C21H25F3N2O3. The van der Waals surface area contributed by atoms with Crippen LogP contribution in [0.15, 0.2) is 40.8 Å². The van der Waals surface area contributed by atoms with Crippen molar-refractivity contribution in [3.05, 3.63) is 47.7 Å². The zero-order valence-corrected chi connectivity index (χ0v) is 16.3. The Hall–Kier alpha value is -2.32. The van der Waals surface area contributed by atoms with Crippen LogP contribution in [0, 0.1) is 5.92 Å². The van der Waals surface area contributed by atoms with Crippen LogP contribution in [0.5, 0.6) is 0 Å². The molecule has 1 aromatic carbocycles. The molecule has 29 heavy (non-hydrogen) atoms. The summed E-state index contributed by atoms with van der Waals surface area (Å²) in [6.07, 6.45) is -2.43. The molecule has 1 aromatic heterocycles. The molecular weight excluding hydrogens is 385 g/mol. The van der Waals surface area contributed by atoms with Gasteiger partial charge in [-0.3, -0.25) is 4.79 Å². The fourth-order valence-electron chi connectivity index (χ4n) is 3.42. The van der Waals surface area contributed by atoms with Crippen LogP contribution in [-0.4, -0.2) is 50.7 Å². The number of furan rings is 1. The van der Waals surface area contributed by atoms with Crippen molar-refractivity contribution < 1.29 is 27.1 Å². The number of ether oxygens (including phenoxy) is 1. The summed E-state index contributed by atoms with van der Waals surface area (Å²) in [6, 6.07) is 7.85. The van der Waals surface area contributed by atoms with Crippen molar-refractivity contribution in [1.29, 1.82) is 0 Å². The second-order valence-electron chi connectivity index (χ2n) is 7.23. The number of halogens is 3. The van der Waals surface area contributed by atoms with Gasteiger partial charge in [0.2, 0.25) is 0 Å². The molecule has 0 bridgehead atoms. The van der Waals surface area contributed by atoms with Crippen LogP contribution in [0.4, 0.5) is 13.2 Å². The molecule has 2 heterocycles. The number of nitrogens with zero attached hydrogens (tertiary/aromatic N) is 1. The highest BCUT2D eigenvalue weighted by molar-refractivity contribution is 5.92. The number of nitrogens with one attached hydrogen (secondary N) is 1. The van der Waals surface area contributed by atoms with Crippen molar-refractivity contribution in [3.8, 4) is 11.3 Å². The van der Waals surface area contributed by atoms with E-state index in [2.05, 4.69) is 10.2 Å². The fourth-order valence-corrected chi connectivity index (χ4v) is 3.42. The van der Waals surface area contributed by atoms with E-state index < -0.39 is 11.7 Å². The van der Waals surface area contributed by atoms with Crippen LogP contribution < -0.4 is 5.32 Å². The van der Waals surface area contributed by atoms with E-state index in [0.717, 1.165) is 44.6 Å². The quantitative estimate of drug-likeness (QED) is 0.748. The highest BCUT2D eigenvalue weighted by Crippen LogP contribution is 2.32. The lowest BCUT2D eigenvalue weighted by molar-refractivity contribution is -0.137. The monoisotopic (exact) mass is 410 g/mol. The Morgan fingerprint density at radius 1 is 1.24 bits per heavy atom. The molecule has 0 aliphatic carbocycles. The summed E-state index contributed by atoms with van der Waals surface area (Å²) in [6.45, 7) is 4.14. The largest absolute Gasteiger partial charge is 0.451 e. The van der Waals surface area contributed by atoms with E-state index in [1.165, 1.54) is 24.3 Å². The summed E-state index contributed by atoms with van der Waals surface area (Å²) in [7, 11) is 1.69. The number of hydrogen-bond acceptors (Lipinski definition) is 4. The normalized spacial score (nSPS) is 16.1. The molecule has 0 radical (unpaired) electrons. The minimum atomic E-state index is -4.43. The van der Waals surface area contributed by atoms with E-state index in [9.17, 15) is 18.0 Å². The van der Waals surface area contributed by atoms with Crippen molar-refractivity contribution in [2.45, 2.75) is 19.0 Å². The number of likely N-dealkylation sites (tertiary alicyclic amines) is 1. The third kappa shape index (κ3) is 5.83. The molecule has 1 N–H and O–H groups in total. The molecule has 5 nitrogen and oxygen atoms in total. The summed E-state index contributed by atoms with van der Waals surface area (Å²) in [5, 5.41) is 2.87. The van der Waals surface area contributed by atoms with Crippen molar-refractivity contribution in [1.82, 2.24) is 10.2 Å². The van der Waals surface area contributed by atoms with Crippen molar-refractivity contribution in [2.75, 3.05) is 39.9 Å². The molecule has 1 fully saturated rings. The lowest BCUT2D eigenvalue weighted by Gasteiger charge is -2.31. The van der Waals surface area contributed by atoms with Crippen LogP contribution in [-0.2, 0) is 10.9 Å². The van der Waals surface area contributed by atoms with Gasteiger partial charge < -0.3 is 19.4 Å². The van der Waals surface area contributed by atoms with Crippen LogP contribution in [0.3, 0.4) is 0 Å². The first-order valence-electron chi connectivity index (χ1n) is 9.64. The van der Waals surface area contributed by atoms with E-state index >= 15 is 0 Å². The average Bonchev–Trinajstić information content (AvgIpc) is 3.21. The SMILES string of the molecule is COCCN1CCC(CNC(=O)c2ccc(-c3cccc(C(F)(F)F)c3)o2)CC1. The standard InChI is InChI=1S/C21H25F3N2O3/c1-28-12-11-26-9-7-15(8-10-26)14-25-20(27)19-6-5-18(29-19)16-3-2-4-17(13-16)21(22,23)24/h2-6,13,15H,7-12,14H2,1H3,(H,25,27). The molecule has 8 heteroatoms. The fraction of sp³-hybridized carbons (Fsp3) is 0.476. The van der Waals surface area contributed by atoms with E-state index in [0.29, 0.717) is 19.1 Å². The number of alkyl halides is 3. The molecule has 1 aliphatic heterocycles. The Morgan fingerprint density at radius 2 is 2.00 bits per heavy atom. The summed E-state index contributed by atoms with van der Waals surface area (Å²) in [5.41, 5.74) is -0.475. The predicted molar refractivity (Wildman–Crippen MR) is 103 cm³/mol. The van der Waals surface area contributed by atoms with Crippen molar-refractivity contribution in [2.24, 2.45) is 5.92 Å². The summed E-state index contributed by atoms with van der Waals surface area (Å²) in [5.74, 6) is 0.364. The molecule has 3 rings (SSSR count). The number of benzene rings is 1. The minimum Gasteiger partial charge on any atom is -0.451 e. The second kappa shape index (κ2) is 9.45. The number of rotatable bonds is 7. The Bertz CT molecular complexity index is 811. The Balaban J connectivity index is 1.53. The molecule has 158 valence electrons. The van der Waals surface area contributed by atoms with Gasteiger partial charge >= 0.3 is 6.18 Å². The highest BCUT2D eigenvalue weighted by Gasteiger charge is 2.30. The summed E-state index contributed by atoms with van der Waals surface area (Å²) in [4.78, 5) is 14.7. The second-order valence-corrected chi connectivity index (χ2v) is 7.23. The first kappa shape index (κ1) is 21.4. The van der Waals surface area contributed by atoms with Crippen LogP contribution in [0.25, 0.3) is 11.3 Å². The molecule has 0 atom stereocenters. The average molecular weight is 410 g/mol. The molecule has 2 aromatic rings. The Morgan fingerprint density at radius 3 is 2.69 bits per heavy atom. The Labute approximate surface area is 167 Å². The molecule has 1 saturated heterocycles. The van der Waals surface area contributed by atoms with Gasteiger partial charge in [0, 0.05) is 25.8 Å². The van der Waals surface area contributed by atoms with Crippen LogP contribution in [0.2, 0.25) is 0 Å². The molecule has 1 amide bonds. The maximum atomic E-state index is 12.9. The van der Waals surface area contributed by atoms with E-state index in [4.69, 9.17) is 9.15 Å². The number of carbonyl (C=O) groups is 1. The van der Waals surface area contributed by atoms with E-state index in [1.807, 2.05) is 0 Å². The molecule has 0 spiro atoms. The molecule has 1 aliphatic rings. The van der Waals surface area contributed by atoms with E-state index in [1.54, 1.807) is 7.11 Å². The van der Waals surface area contributed by atoms with Gasteiger partial charge in [-0.2, -0.15) is 13.2 Å². The Kier molecular flexibility index (Phi) is 6.97. The van der Waals surface area contributed by atoms with Gasteiger partial charge in [0.1, 0.15) is 5.76 Å². The van der Waals surface area contributed by atoms with Crippen LogP contribution >= 0.6 is 0 Å². The van der Waals surface area contributed by atoms with Crippen molar-refractivity contribution in [3.63, 3.8) is 0 Å². The number of piperidine rings is 1. The zero-order chi connectivity index (χ0) is 20.9. The molecule has 0 saturated carbocycles. The lowest BCUT2D eigenvalue weighted by atomic mass is 9.97. The first-order valence-corrected chi connectivity index (χ1v) is 9.64. The maximum absolute atomic E-state index is 12.9. The number of amides is 1. The number of methoxy groups -OCH3 is 1. The first-order chi connectivity index (χ1) is 13.9. The van der Waals surface area contributed by atoms with Gasteiger partial charge in [0.15, 0.2) is 5.76 Å². The van der Waals surface area contributed by atoms with Gasteiger partial charge in [0.05, 0.1) is 12.2 Å². The maximum Gasteiger partial charge on any atom is 0.416 e. The lowest BCUT2D eigenvalue weighted by Crippen LogP contribution is -2.39. The highest BCUT2D eigenvalue weighted by atomic mass is 19.4. The van der Waals surface area contributed by atoms with Gasteiger partial charge in [-0.15, -0.1) is 0 Å². The van der Waals surface area contributed by atoms with Gasteiger partial charge in [-0.05, 0) is 56.1 Å². The van der Waals surface area contributed by atoms with Crippen LogP contribution in [0.1, 0.15) is 29.0 Å². The number of hydrogen-bond donors (Lipinski definition) is 1. The van der Waals surface area contributed by atoms with E-state index in [-0.39, 0.29) is 23.0 Å². The minimum absolute atomic E-state index is 0.0925.